The molecule has 1 unspecified atom stereocenters. The molecule has 3 N–H and O–H groups in total. The van der Waals surface area contributed by atoms with Gasteiger partial charge in [0.1, 0.15) is 0 Å². The summed E-state index contributed by atoms with van der Waals surface area (Å²) in [5.41, 5.74) is 7.13. The summed E-state index contributed by atoms with van der Waals surface area (Å²) in [5.74, 6) is 0.308. The number of anilines is 2. The number of hydrogen-bond acceptors (Lipinski definition) is 3. The molecule has 5 heteroatoms. The average Bonchev–Trinajstić information content (AvgIpc) is 2.85. The first-order valence-electron chi connectivity index (χ1n) is 7.00. The molecule has 0 aromatic heterocycles. The Labute approximate surface area is 119 Å². The molecule has 1 fully saturated rings. The van der Waals surface area contributed by atoms with Crippen molar-refractivity contribution in [3.63, 3.8) is 0 Å². The fourth-order valence-corrected chi connectivity index (χ4v) is 2.26. The lowest BCUT2D eigenvalue weighted by molar-refractivity contribution is -0.117. The smallest absolute Gasteiger partial charge is 0.227 e. The van der Waals surface area contributed by atoms with E-state index >= 15 is 0 Å². The van der Waals surface area contributed by atoms with E-state index in [1.54, 1.807) is 4.90 Å². The number of nitrogens with one attached hydrogen (secondary N) is 1. The van der Waals surface area contributed by atoms with Gasteiger partial charge in [-0.05, 0) is 43.1 Å². The predicted octanol–water partition coefficient (Wildman–Crippen LogP) is 1.74. The zero-order valence-electron chi connectivity index (χ0n) is 11.8. The Kier molecular flexibility index (Phi) is 4.74. The Morgan fingerprint density at radius 2 is 2.10 bits per heavy atom. The van der Waals surface area contributed by atoms with E-state index in [2.05, 4.69) is 5.32 Å². The van der Waals surface area contributed by atoms with Crippen LogP contribution in [0.3, 0.4) is 0 Å². The van der Waals surface area contributed by atoms with Crippen molar-refractivity contribution in [1.82, 2.24) is 0 Å². The van der Waals surface area contributed by atoms with Crippen LogP contribution in [0.25, 0.3) is 0 Å². The van der Waals surface area contributed by atoms with Gasteiger partial charge in [0.2, 0.25) is 11.8 Å². The minimum Gasteiger partial charge on any atom is -0.330 e. The topological polar surface area (TPSA) is 75.4 Å². The molecule has 1 atom stereocenters. The monoisotopic (exact) mass is 275 g/mol. The number of carbonyl (C=O) groups is 2. The molecule has 1 saturated heterocycles. The SMILES string of the molecule is CC(CN)CC(=O)Nc1ccc(N2CCCC2=O)cc1. The molecule has 0 bridgehead atoms. The first kappa shape index (κ1) is 14.5. The number of rotatable bonds is 5. The molecule has 2 amide bonds. The van der Waals surface area contributed by atoms with E-state index in [-0.39, 0.29) is 17.7 Å². The quantitative estimate of drug-likeness (QED) is 0.859. The maximum Gasteiger partial charge on any atom is 0.227 e. The largest absolute Gasteiger partial charge is 0.330 e. The van der Waals surface area contributed by atoms with Gasteiger partial charge in [-0.25, -0.2) is 0 Å². The van der Waals surface area contributed by atoms with Gasteiger partial charge in [-0.3, -0.25) is 9.59 Å². The van der Waals surface area contributed by atoms with Crippen molar-refractivity contribution in [2.75, 3.05) is 23.3 Å². The van der Waals surface area contributed by atoms with E-state index < -0.39 is 0 Å². The zero-order chi connectivity index (χ0) is 14.5. The number of benzene rings is 1. The third kappa shape index (κ3) is 3.57. The molecule has 1 aromatic carbocycles. The van der Waals surface area contributed by atoms with Crippen molar-refractivity contribution in [1.29, 1.82) is 0 Å². The maximum absolute atomic E-state index is 11.7. The molecule has 20 heavy (non-hydrogen) atoms. The van der Waals surface area contributed by atoms with Crippen molar-refractivity contribution in [3.05, 3.63) is 24.3 Å². The van der Waals surface area contributed by atoms with Crippen LogP contribution >= 0.6 is 0 Å². The van der Waals surface area contributed by atoms with Crippen LogP contribution in [-0.4, -0.2) is 24.9 Å². The summed E-state index contributed by atoms with van der Waals surface area (Å²) in [6.45, 7) is 3.23. The van der Waals surface area contributed by atoms with Gasteiger partial charge in [-0.2, -0.15) is 0 Å². The second-order valence-electron chi connectivity index (χ2n) is 5.29. The number of nitrogens with zero attached hydrogens (tertiary/aromatic N) is 1. The minimum atomic E-state index is -0.0343. The molecule has 0 spiro atoms. The first-order valence-corrected chi connectivity index (χ1v) is 7.00. The maximum atomic E-state index is 11.7. The Hall–Kier alpha value is -1.88. The number of nitrogens with two attached hydrogens (primary N) is 1. The van der Waals surface area contributed by atoms with Gasteiger partial charge >= 0.3 is 0 Å². The van der Waals surface area contributed by atoms with E-state index in [4.69, 9.17) is 5.73 Å². The highest BCUT2D eigenvalue weighted by Gasteiger charge is 2.21. The third-order valence-corrected chi connectivity index (χ3v) is 3.47. The van der Waals surface area contributed by atoms with Crippen molar-refractivity contribution >= 4 is 23.2 Å². The summed E-state index contributed by atoms with van der Waals surface area (Å²) in [5, 5.41) is 2.84. The predicted molar refractivity (Wildman–Crippen MR) is 79.5 cm³/mol. The van der Waals surface area contributed by atoms with Crippen LogP contribution in [0.1, 0.15) is 26.2 Å². The molecule has 1 heterocycles. The van der Waals surface area contributed by atoms with Crippen LogP contribution in [0.4, 0.5) is 11.4 Å². The molecular weight excluding hydrogens is 254 g/mol. The highest BCUT2D eigenvalue weighted by atomic mass is 16.2. The van der Waals surface area contributed by atoms with Crippen molar-refractivity contribution < 1.29 is 9.59 Å². The van der Waals surface area contributed by atoms with Crippen LogP contribution < -0.4 is 16.0 Å². The van der Waals surface area contributed by atoms with Crippen LogP contribution in [-0.2, 0) is 9.59 Å². The Balaban J connectivity index is 1.94. The van der Waals surface area contributed by atoms with E-state index in [1.165, 1.54) is 0 Å². The van der Waals surface area contributed by atoms with Gasteiger partial charge in [0.25, 0.3) is 0 Å². The molecule has 1 aliphatic rings. The molecule has 0 radical (unpaired) electrons. The molecule has 0 saturated carbocycles. The van der Waals surface area contributed by atoms with Gasteiger partial charge in [-0.15, -0.1) is 0 Å². The van der Waals surface area contributed by atoms with Gasteiger partial charge < -0.3 is 16.0 Å². The van der Waals surface area contributed by atoms with Crippen LogP contribution in [0.15, 0.2) is 24.3 Å². The number of carbonyl (C=O) groups excluding carboxylic acids is 2. The third-order valence-electron chi connectivity index (χ3n) is 3.47. The van der Waals surface area contributed by atoms with Gasteiger partial charge in [-0.1, -0.05) is 6.92 Å². The van der Waals surface area contributed by atoms with Gasteiger partial charge in [0.15, 0.2) is 0 Å². The van der Waals surface area contributed by atoms with Crippen LogP contribution in [0.5, 0.6) is 0 Å². The Morgan fingerprint density at radius 1 is 1.40 bits per heavy atom. The Morgan fingerprint density at radius 3 is 2.65 bits per heavy atom. The summed E-state index contributed by atoms with van der Waals surface area (Å²) in [6, 6.07) is 7.38. The van der Waals surface area contributed by atoms with Crippen LogP contribution in [0, 0.1) is 5.92 Å². The normalized spacial score (nSPS) is 16.3. The molecule has 108 valence electrons. The lowest BCUT2D eigenvalue weighted by Gasteiger charge is -2.16. The summed E-state index contributed by atoms with van der Waals surface area (Å²) in [7, 11) is 0. The molecule has 1 aliphatic heterocycles. The standard InChI is InChI=1S/C15H21N3O2/c1-11(10-16)9-14(19)17-12-4-6-13(7-5-12)18-8-2-3-15(18)20/h4-7,11H,2-3,8-10,16H2,1H3,(H,17,19). The summed E-state index contributed by atoms with van der Waals surface area (Å²) < 4.78 is 0. The molecule has 1 aromatic rings. The average molecular weight is 275 g/mol. The fourth-order valence-electron chi connectivity index (χ4n) is 2.26. The second kappa shape index (κ2) is 6.52. The van der Waals surface area contributed by atoms with Crippen molar-refractivity contribution in [2.45, 2.75) is 26.2 Å². The highest BCUT2D eigenvalue weighted by molar-refractivity contribution is 5.96. The summed E-state index contributed by atoms with van der Waals surface area (Å²) in [4.78, 5) is 25.2. The summed E-state index contributed by atoms with van der Waals surface area (Å²) >= 11 is 0. The van der Waals surface area contributed by atoms with Gasteiger partial charge in [0.05, 0.1) is 0 Å². The van der Waals surface area contributed by atoms with E-state index in [1.807, 2.05) is 31.2 Å². The van der Waals surface area contributed by atoms with Crippen LogP contribution in [0.2, 0.25) is 0 Å². The summed E-state index contributed by atoms with van der Waals surface area (Å²) in [6.07, 6.45) is 1.95. The fraction of sp³-hybridized carbons (Fsp3) is 0.467. The van der Waals surface area contributed by atoms with E-state index in [9.17, 15) is 9.59 Å². The van der Waals surface area contributed by atoms with Gasteiger partial charge in [0, 0.05) is 30.8 Å². The van der Waals surface area contributed by atoms with E-state index in [0.717, 1.165) is 24.3 Å². The first-order chi connectivity index (χ1) is 9.60. The van der Waals surface area contributed by atoms with Crippen molar-refractivity contribution in [3.8, 4) is 0 Å². The lowest BCUT2D eigenvalue weighted by Crippen LogP contribution is -2.23. The lowest BCUT2D eigenvalue weighted by atomic mass is 10.1. The molecule has 5 nitrogen and oxygen atoms in total. The molecular formula is C15H21N3O2. The Bertz CT molecular complexity index is 484. The highest BCUT2D eigenvalue weighted by Crippen LogP contribution is 2.23. The van der Waals surface area contributed by atoms with E-state index in [0.29, 0.717) is 19.4 Å². The second-order valence-corrected chi connectivity index (χ2v) is 5.29. The van der Waals surface area contributed by atoms with Crippen molar-refractivity contribution in [2.24, 2.45) is 11.7 Å². The number of amides is 2. The zero-order valence-corrected chi connectivity index (χ0v) is 11.8. The minimum absolute atomic E-state index is 0.0343. The number of hydrogen-bond donors (Lipinski definition) is 2. The molecule has 0 aliphatic carbocycles. The molecule has 2 rings (SSSR count).